The first kappa shape index (κ1) is 20.8. The van der Waals surface area contributed by atoms with Gasteiger partial charge in [-0.3, -0.25) is 19.8 Å². The second-order valence-corrected chi connectivity index (χ2v) is 9.61. The van der Waals surface area contributed by atoms with Crippen molar-refractivity contribution in [2.45, 2.75) is 38.8 Å². The van der Waals surface area contributed by atoms with Gasteiger partial charge in [0.2, 0.25) is 16.9 Å². The lowest BCUT2D eigenvalue weighted by atomic mass is 9.63. The predicted octanol–water partition coefficient (Wildman–Crippen LogP) is 2.99. The zero-order chi connectivity index (χ0) is 22.2. The highest BCUT2D eigenvalue weighted by Crippen LogP contribution is 2.50. The van der Waals surface area contributed by atoms with Gasteiger partial charge in [0.15, 0.2) is 0 Å². The number of urea groups is 1. The largest absolute Gasteiger partial charge is 0.322 e. The molecule has 1 saturated carbocycles. The van der Waals surface area contributed by atoms with Gasteiger partial charge in [0, 0.05) is 6.42 Å². The van der Waals surface area contributed by atoms with Crippen molar-refractivity contribution in [3.8, 4) is 0 Å². The number of carbonyl (C=O) groups is 3. The molecule has 5 atom stereocenters. The normalized spacial score (nSPS) is 26.8. The fourth-order valence-electron chi connectivity index (χ4n) is 5.18. The summed E-state index contributed by atoms with van der Waals surface area (Å²) in [6.07, 6.45) is 6.35. The average molecular weight is 452 g/mol. The lowest BCUT2D eigenvalue weighted by Crippen LogP contribution is -2.53. The van der Waals surface area contributed by atoms with Crippen LogP contribution in [0.1, 0.15) is 30.3 Å². The lowest BCUT2D eigenvalue weighted by molar-refractivity contribution is -0.143. The summed E-state index contributed by atoms with van der Waals surface area (Å²) < 4.78 is 0. The summed E-state index contributed by atoms with van der Waals surface area (Å²) in [5.74, 6) is -0.777. The fraction of sp³-hybridized carbons (Fsp3) is 0.435. The van der Waals surface area contributed by atoms with Gasteiger partial charge in [0.05, 0.1) is 11.8 Å². The van der Waals surface area contributed by atoms with Crippen molar-refractivity contribution in [1.82, 2.24) is 20.4 Å². The standard InChI is InChI=1S/C23H25N5O3S/c1-2-17-26-27-23(32-17)25-22(31)24-16(12-13-6-4-3-5-7-13)28-20(29)18-14-8-9-15(11-10-14)19(18)21(28)30/h3-9,14-16,18-19H,2,10-12H2,1H3,(H2,24,25,27,31)/t14-,15-,16-,18-,19+/m0/s1. The summed E-state index contributed by atoms with van der Waals surface area (Å²) in [6.45, 7) is 1.96. The van der Waals surface area contributed by atoms with Crippen LogP contribution >= 0.6 is 11.3 Å². The molecule has 6 rings (SSSR count). The molecule has 0 unspecified atom stereocenters. The smallest absolute Gasteiger partial charge is 0.317 e. The highest BCUT2D eigenvalue weighted by molar-refractivity contribution is 7.15. The van der Waals surface area contributed by atoms with Crippen LogP contribution in [0.2, 0.25) is 0 Å². The number of anilines is 1. The zero-order valence-corrected chi connectivity index (χ0v) is 18.5. The summed E-state index contributed by atoms with van der Waals surface area (Å²) in [5.41, 5.74) is 0.929. The van der Waals surface area contributed by atoms with E-state index in [1.807, 2.05) is 37.3 Å². The third-order valence-corrected chi connectivity index (χ3v) is 7.65. The minimum atomic E-state index is -0.777. The SMILES string of the molecule is CCc1nnc(NC(=O)N[C@H](Cc2ccccc2)N2C(=O)[C@@H]3[C@H](C2=O)[C@H]2C=C[C@H]3CC2)s1. The van der Waals surface area contributed by atoms with Crippen LogP contribution in [0.15, 0.2) is 42.5 Å². The first-order chi connectivity index (χ1) is 15.5. The van der Waals surface area contributed by atoms with E-state index in [0.29, 0.717) is 11.6 Å². The quantitative estimate of drug-likeness (QED) is 0.519. The Morgan fingerprint density at radius 3 is 2.31 bits per heavy atom. The number of hydrogen-bond donors (Lipinski definition) is 2. The van der Waals surface area contributed by atoms with Gasteiger partial charge in [-0.05, 0) is 36.7 Å². The number of rotatable bonds is 6. The van der Waals surface area contributed by atoms with Crippen LogP contribution in [0.4, 0.5) is 9.93 Å². The molecule has 1 aromatic carbocycles. The molecular formula is C23H25N5O3S. The monoisotopic (exact) mass is 451 g/mol. The van der Waals surface area contributed by atoms with Gasteiger partial charge in [0.1, 0.15) is 11.2 Å². The van der Waals surface area contributed by atoms with E-state index < -0.39 is 12.2 Å². The number of nitrogens with zero attached hydrogens (tertiary/aromatic N) is 3. The van der Waals surface area contributed by atoms with Crippen LogP contribution in [-0.4, -0.2) is 39.1 Å². The van der Waals surface area contributed by atoms with E-state index >= 15 is 0 Å². The van der Waals surface area contributed by atoms with E-state index in [9.17, 15) is 14.4 Å². The summed E-state index contributed by atoms with van der Waals surface area (Å²) >= 11 is 1.30. The van der Waals surface area contributed by atoms with Crippen molar-refractivity contribution in [2.24, 2.45) is 23.7 Å². The molecule has 2 bridgehead atoms. The van der Waals surface area contributed by atoms with E-state index in [1.54, 1.807) is 0 Å². The van der Waals surface area contributed by atoms with Crippen LogP contribution in [0.3, 0.4) is 0 Å². The Bertz CT molecular complexity index is 1040. The number of allylic oxidation sites excluding steroid dienone is 2. The third kappa shape index (κ3) is 3.70. The Morgan fingerprint density at radius 1 is 1.09 bits per heavy atom. The molecule has 32 heavy (non-hydrogen) atoms. The Kier molecular flexibility index (Phi) is 5.50. The lowest BCUT2D eigenvalue weighted by Gasteiger charge is -2.38. The average Bonchev–Trinajstić information content (AvgIpc) is 3.37. The number of imide groups is 1. The second kappa shape index (κ2) is 8.46. The van der Waals surface area contributed by atoms with Crippen molar-refractivity contribution >= 4 is 34.3 Å². The molecule has 4 aliphatic rings. The molecule has 1 aliphatic heterocycles. The molecule has 2 aromatic rings. The summed E-state index contributed by atoms with van der Waals surface area (Å²) in [5, 5.41) is 14.7. The van der Waals surface area contributed by atoms with E-state index in [-0.39, 0.29) is 35.5 Å². The van der Waals surface area contributed by atoms with E-state index in [1.165, 1.54) is 16.2 Å². The van der Waals surface area contributed by atoms with Gasteiger partial charge < -0.3 is 5.32 Å². The van der Waals surface area contributed by atoms with Gasteiger partial charge in [-0.2, -0.15) is 0 Å². The number of nitrogens with one attached hydrogen (secondary N) is 2. The minimum Gasteiger partial charge on any atom is -0.317 e. The maximum absolute atomic E-state index is 13.4. The highest BCUT2D eigenvalue weighted by atomic mass is 32.1. The maximum Gasteiger partial charge on any atom is 0.322 e. The Labute approximate surface area is 190 Å². The molecule has 2 N–H and O–H groups in total. The molecule has 1 aromatic heterocycles. The van der Waals surface area contributed by atoms with Crippen molar-refractivity contribution in [2.75, 3.05) is 5.32 Å². The predicted molar refractivity (Wildman–Crippen MR) is 120 cm³/mol. The summed E-state index contributed by atoms with van der Waals surface area (Å²) in [7, 11) is 0. The number of carbonyl (C=O) groups excluding carboxylic acids is 3. The molecule has 1 saturated heterocycles. The van der Waals surface area contributed by atoms with Crippen molar-refractivity contribution in [3.05, 3.63) is 53.1 Å². The first-order valence-corrected chi connectivity index (χ1v) is 11.9. The molecule has 2 fully saturated rings. The zero-order valence-electron chi connectivity index (χ0n) is 17.7. The highest BCUT2D eigenvalue weighted by Gasteiger charge is 2.58. The van der Waals surface area contributed by atoms with Gasteiger partial charge in [-0.25, -0.2) is 4.79 Å². The van der Waals surface area contributed by atoms with Crippen LogP contribution in [-0.2, 0) is 22.4 Å². The van der Waals surface area contributed by atoms with Crippen molar-refractivity contribution in [3.63, 3.8) is 0 Å². The topological polar surface area (TPSA) is 104 Å². The molecule has 8 nitrogen and oxygen atoms in total. The van der Waals surface area contributed by atoms with Gasteiger partial charge in [-0.15, -0.1) is 10.2 Å². The van der Waals surface area contributed by atoms with E-state index in [0.717, 1.165) is 29.8 Å². The molecule has 9 heteroatoms. The molecular weight excluding hydrogens is 426 g/mol. The Hall–Kier alpha value is -3.07. The van der Waals surface area contributed by atoms with Crippen molar-refractivity contribution < 1.29 is 14.4 Å². The number of likely N-dealkylation sites (tertiary alicyclic amines) is 1. The molecule has 0 radical (unpaired) electrons. The number of amides is 4. The molecule has 166 valence electrons. The molecule has 4 amide bonds. The van der Waals surface area contributed by atoms with Gasteiger partial charge >= 0.3 is 6.03 Å². The summed E-state index contributed by atoms with van der Waals surface area (Å²) in [4.78, 5) is 41.0. The maximum atomic E-state index is 13.4. The van der Waals surface area contributed by atoms with Crippen molar-refractivity contribution in [1.29, 1.82) is 0 Å². The number of benzene rings is 1. The number of aromatic nitrogens is 2. The molecule has 0 spiro atoms. The van der Waals surface area contributed by atoms with E-state index in [4.69, 9.17) is 0 Å². The number of aryl methyl sites for hydroxylation is 1. The second-order valence-electron chi connectivity index (χ2n) is 8.55. The van der Waals surface area contributed by atoms with Crippen LogP contribution in [0.25, 0.3) is 0 Å². The fourth-order valence-corrected chi connectivity index (χ4v) is 5.85. The van der Waals surface area contributed by atoms with E-state index in [2.05, 4.69) is 33.0 Å². The molecule has 3 aliphatic carbocycles. The summed E-state index contributed by atoms with van der Waals surface area (Å²) in [6, 6.07) is 9.04. The third-order valence-electron chi connectivity index (χ3n) is 6.66. The first-order valence-electron chi connectivity index (χ1n) is 11.0. The van der Waals surface area contributed by atoms with Crippen LogP contribution in [0, 0.1) is 23.7 Å². The molecule has 2 heterocycles. The Morgan fingerprint density at radius 2 is 1.75 bits per heavy atom. The van der Waals surface area contributed by atoms with Gasteiger partial charge in [-0.1, -0.05) is 60.7 Å². The minimum absolute atomic E-state index is 0.103. The number of hydrogen-bond acceptors (Lipinski definition) is 6. The Balaban J connectivity index is 1.39. The van der Waals surface area contributed by atoms with Crippen LogP contribution < -0.4 is 10.6 Å². The van der Waals surface area contributed by atoms with Crippen LogP contribution in [0.5, 0.6) is 0 Å². The number of fused-ring (bicyclic) bond motifs is 1. The van der Waals surface area contributed by atoms with Gasteiger partial charge in [0.25, 0.3) is 0 Å².